The summed E-state index contributed by atoms with van der Waals surface area (Å²) in [6.45, 7) is 8.92. The number of benzene rings is 1. The number of nitrogens with zero attached hydrogens (tertiary/aromatic N) is 5. The van der Waals surface area contributed by atoms with E-state index in [9.17, 15) is 8.42 Å². The van der Waals surface area contributed by atoms with E-state index in [2.05, 4.69) is 41.8 Å². The van der Waals surface area contributed by atoms with Gasteiger partial charge in [-0.3, -0.25) is 4.90 Å². The Labute approximate surface area is 184 Å². The summed E-state index contributed by atoms with van der Waals surface area (Å²) >= 11 is 5.61. The van der Waals surface area contributed by atoms with Gasteiger partial charge >= 0.3 is 0 Å². The standard InChI is InChI=1S/C21H31N5O2S2/c1-16-5-4-6-19(17(16)2)25-10-8-24(9-11-25)15-26-21(29)23(3)20(22-26)13-18-7-12-30(27,28)14-18/h4-6,18H,7-15H2,1-3H3. The molecule has 3 heterocycles. The van der Waals surface area contributed by atoms with Crippen LogP contribution in [0.1, 0.15) is 23.4 Å². The van der Waals surface area contributed by atoms with Crippen LogP contribution in [0.15, 0.2) is 18.2 Å². The third-order valence-corrected chi connectivity index (χ3v) is 8.87. The SMILES string of the molecule is Cc1cccc(N2CCN(Cn3nc(CC4CCS(=O)(=O)C4)n(C)c3=S)CC2)c1C. The van der Waals surface area contributed by atoms with Gasteiger partial charge in [0.05, 0.1) is 18.2 Å². The predicted molar refractivity (Wildman–Crippen MR) is 122 cm³/mol. The van der Waals surface area contributed by atoms with Crippen LogP contribution in [0.3, 0.4) is 0 Å². The molecular formula is C21H31N5O2S2. The molecule has 0 saturated carbocycles. The molecule has 7 nitrogen and oxygen atoms in total. The minimum atomic E-state index is -2.87. The summed E-state index contributed by atoms with van der Waals surface area (Å²) in [4.78, 5) is 4.84. The Hall–Kier alpha value is -1.71. The van der Waals surface area contributed by atoms with Crippen LogP contribution in [-0.4, -0.2) is 65.4 Å². The molecule has 0 bridgehead atoms. The number of aromatic nitrogens is 3. The molecule has 164 valence electrons. The van der Waals surface area contributed by atoms with Gasteiger partial charge in [0.15, 0.2) is 14.6 Å². The molecule has 1 aromatic heterocycles. The van der Waals surface area contributed by atoms with E-state index in [0.717, 1.165) is 38.4 Å². The summed E-state index contributed by atoms with van der Waals surface area (Å²) in [5.74, 6) is 1.61. The number of piperazine rings is 1. The second kappa shape index (κ2) is 8.43. The average Bonchev–Trinajstić information content (AvgIpc) is 3.18. The normalized spacial score (nSPS) is 22.0. The molecule has 2 aromatic rings. The lowest BCUT2D eigenvalue weighted by molar-refractivity contribution is 0.193. The van der Waals surface area contributed by atoms with Crippen LogP contribution in [0.2, 0.25) is 0 Å². The van der Waals surface area contributed by atoms with Crippen LogP contribution in [-0.2, 0) is 30.0 Å². The van der Waals surface area contributed by atoms with E-state index in [-0.39, 0.29) is 11.7 Å². The van der Waals surface area contributed by atoms with E-state index in [0.29, 0.717) is 23.6 Å². The van der Waals surface area contributed by atoms with Crippen molar-refractivity contribution >= 4 is 27.7 Å². The first-order valence-electron chi connectivity index (χ1n) is 10.6. The summed E-state index contributed by atoms with van der Waals surface area (Å²) in [5.41, 5.74) is 4.02. The van der Waals surface area contributed by atoms with Crippen molar-refractivity contribution in [1.82, 2.24) is 19.2 Å². The molecule has 2 fully saturated rings. The maximum absolute atomic E-state index is 11.8. The third-order valence-electron chi connectivity index (χ3n) is 6.55. The van der Waals surface area contributed by atoms with Crippen molar-refractivity contribution < 1.29 is 8.42 Å². The van der Waals surface area contributed by atoms with Crippen molar-refractivity contribution in [2.24, 2.45) is 13.0 Å². The van der Waals surface area contributed by atoms with Crippen LogP contribution in [0.5, 0.6) is 0 Å². The quantitative estimate of drug-likeness (QED) is 0.653. The number of anilines is 1. The lowest BCUT2D eigenvalue weighted by atomic mass is 10.1. The van der Waals surface area contributed by atoms with Gasteiger partial charge in [0.2, 0.25) is 0 Å². The lowest BCUT2D eigenvalue weighted by Gasteiger charge is -2.36. The zero-order valence-corrected chi connectivity index (χ0v) is 19.7. The number of rotatable bonds is 5. The Kier molecular flexibility index (Phi) is 6.05. The highest BCUT2D eigenvalue weighted by atomic mass is 32.2. The second-order valence-electron chi connectivity index (χ2n) is 8.70. The van der Waals surface area contributed by atoms with Crippen LogP contribution >= 0.6 is 12.2 Å². The second-order valence-corrected chi connectivity index (χ2v) is 11.3. The largest absolute Gasteiger partial charge is 0.369 e. The molecule has 2 aliphatic rings. The van der Waals surface area contributed by atoms with Gasteiger partial charge in [-0.05, 0) is 55.6 Å². The fourth-order valence-corrected chi connectivity index (χ4v) is 6.56. The first-order valence-corrected chi connectivity index (χ1v) is 12.8. The number of hydrogen-bond acceptors (Lipinski definition) is 6. The maximum atomic E-state index is 11.8. The highest BCUT2D eigenvalue weighted by Crippen LogP contribution is 2.24. The van der Waals surface area contributed by atoms with Crippen LogP contribution < -0.4 is 4.90 Å². The Morgan fingerprint density at radius 3 is 2.57 bits per heavy atom. The molecule has 1 unspecified atom stereocenters. The van der Waals surface area contributed by atoms with Crippen LogP contribution in [0, 0.1) is 24.5 Å². The summed E-state index contributed by atoms with van der Waals surface area (Å²) in [5, 5.41) is 4.74. The topological polar surface area (TPSA) is 63.4 Å². The summed E-state index contributed by atoms with van der Waals surface area (Å²) in [6, 6.07) is 6.51. The lowest BCUT2D eigenvalue weighted by Crippen LogP contribution is -2.47. The molecule has 30 heavy (non-hydrogen) atoms. The molecule has 9 heteroatoms. The van der Waals surface area contributed by atoms with Crippen LogP contribution in [0.25, 0.3) is 0 Å². The van der Waals surface area contributed by atoms with Crippen molar-refractivity contribution in [1.29, 1.82) is 0 Å². The smallest absolute Gasteiger partial charge is 0.198 e. The van der Waals surface area contributed by atoms with Crippen molar-refractivity contribution in [3.05, 3.63) is 39.9 Å². The van der Waals surface area contributed by atoms with Crippen LogP contribution in [0.4, 0.5) is 5.69 Å². The van der Waals surface area contributed by atoms with Gasteiger partial charge in [0.25, 0.3) is 0 Å². The minimum absolute atomic E-state index is 0.153. The molecule has 0 radical (unpaired) electrons. The highest BCUT2D eigenvalue weighted by Gasteiger charge is 2.29. The van der Waals surface area contributed by atoms with E-state index in [1.54, 1.807) is 0 Å². The maximum Gasteiger partial charge on any atom is 0.198 e. The van der Waals surface area contributed by atoms with Gasteiger partial charge in [-0.1, -0.05) is 12.1 Å². The van der Waals surface area contributed by atoms with E-state index >= 15 is 0 Å². The molecule has 0 amide bonds. The summed E-state index contributed by atoms with van der Waals surface area (Å²) in [6.07, 6.45) is 1.40. The first kappa shape index (κ1) is 21.5. The van der Waals surface area contributed by atoms with Crippen molar-refractivity contribution in [2.45, 2.75) is 33.4 Å². The fourth-order valence-electron chi connectivity index (χ4n) is 4.49. The molecule has 2 saturated heterocycles. The van der Waals surface area contributed by atoms with Crippen molar-refractivity contribution in [3.63, 3.8) is 0 Å². The Morgan fingerprint density at radius 1 is 1.17 bits per heavy atom. The first-order chi connectivity index (χ1) is 14.2. The third kappa shape index (κ3) is 4.48. The van der Waals surface area contributed by atoms with Gasteiger partial charge in [-0.15, -0.1) is 0 Å². The zero-order valence-electron chi connectivity index (χ0n) is 18.0. The van der Waals surface area contributed by atoms with E-state index in [4.69, 9.17) is 17.3 Å². The summed E-state index contributed by atoms with van der Waals surface area (Å²) in [7, 11) is -0.938. The highest BCUT2D eigenvalue weighted by molar-refractivity contribution is 7.91. The summed E-state index contributed by atoms with van der Waals surface area (Å²) < 4.78 is 28.0. The predicted octanol–water partition coefficient (Wildman–Crippen LogP) is 2.32. The number of hydrogen-bond donors (Lipinski definition) is 0. The van der Waals surface area contributed by atoms with Gasteiger partial charge in [0, 0.05) is 45.3 Å². The van der Waals surface area contributed by atoms with Crippen molar-refractivity contribution in [2.75, 3.05) is 42.6 Å². The van der Waals surface area contributed by atoms with E-state index < -0.39 is 9.84 Å². The number of sulfone groups is 1. The van der Waals surface area contributed by atoms with Gasteiger partial charge < -0.3 is 9.47 Å². The molecular weight excluding hydrogens is 418 g/mol. The Bertz CT molecular complexity index is 1080. The van der Waals surface area contributed by atoms with E-state index in [1.165, 1.54) is 16.8 Å². The molecule has 0 spiro atoms. The van der Waals surface area contributed by atoms with Crippen molar-refractivity contribution in [3.8, 4) is 0 Å². The number of aryl methyl sites for hydroxylation is 1. The molecule has 0 N–H and O–H groups in total. The average molecular weight is 450 g/mol. The Morgan fingerprint density at radius 2 is 1.90 bits per heavy atom. The Balaban J connectivity index is 1.38. The molecule has 0 aliphatic carbocycles. The molecule has 1 atom stereocenters. The molecule has 2 aliphatic heterocycles. The van der Waals surface area contributed by atoms with Gasteiger partial charge in [0.1, 0.15) is 5.82 Å². The molecule has 1 aromatic carbocycles. The monoisotopic (exact) mass is 449 g/mol. The minimum Gasteiger partial charge on any atom is -0.369 e. The molecule has 4 rings (SSSR count). The zero-order chi connectivity index (χ0) is 21.5. The fraction of sp³-hybridized carbons (Fsp3) is 0.619. The van der Waals surface area contributed by atoms with Gasteiger partial charge in [-0.2, -0.15) is 5.10 Å². The van der Waals surface area contributed by atoms with E-state index in [1.807, 2.05) is 16.3 Å². The van der Waals surface area contributed by atoms with Gasteiger partial charge in [-0.25, -0.2) is 13.1 Å².